The minimum atomic E-state index is -4.17. The minimum Gasteiger partial charge on any atom is -0.378 e. The van der Waals surface area contributed by atoms with Gasteiger partial charge in [0.1, 0.15) is 6.21 Å². The van der Waals surface area contributed by atoms with E-state index in [9.17, 15) is 22.8 Å². The molecular formula is C13H21N4O6S+. The number of imide groups is 1. The Morgan fingerprint density at radius 2 is 1.96 bits per heavy atom. The van der Waals surface area contributed by atoms with Crippen LogP contribution in [0.1, 0.15) is 6.92 Å². The molecule has 2 atom stereocenters. The first kappa shape index (κ1) is 18.5. The Kier molecular flexibility index (Phi) is 5.35. The molecule has 0 saturated carbocycles. The highest BCUT2D eigenvalue weighted by molar-refractivity contribution is 7.91. The van der Waals surface area contributed by atoms with Crippen LogP contribution in [0.25, 0.3) is 0 Å². The molecule has 2 unspecified atom stereocenters. The number of carbonyl (C=O) groups is 3. The number of carbonyl (C=O) groups excluding carboxylic acids is 3. The first-order valence-electron chi connectivity index (χ1n) is 7.42. The number of hydrogen-bond acceptors (Lipinski definition) is 6. The molecule has 1 N–H and O–H groups in total. The van der Waals surface area contributed by atoms with Gasteiger partial charge in [0.25, 0.3) is 0 Å². The Balaban J connectivity index is 2.14. The molecule has 0 bridgehead atoms. The lowest BCUT2D eigenvalue weighted by Crippen LogP contribution is -2.58. The van der Waals surface area contributed by atoms with Crippen molar-refractivity contribution in [1.82, 2.24) is 14.5 Å². The Bertz CT molecular complexity index is 683. The molecule has 134 valence electrons. The second-order valence-corrected chi connectivity index (χ2v) is 7.52. The van der Waals surface area contributed by atoms with E-state index in [4.69, 9.17) is 4.74 Å². The smallest absolute Gasteiger partial charge is 0.378 e. The van der Waals surface area contributed by atoms with Crippen LogP contribution in [-0.2, 0) is 24.3 Å². The fraction of sp³-hybridized carbons (Fsp3) is 0.692. The fourth-order valence-corrected chi connectivity index (χ4v) is 4.00. The van der Waals surface area contributed by atoms with E-state index >= 15 is 0 Å². The highest BCUT2D eigenvalue weighted by Crippen LogP contribution is 2.10. The van der Waals surface area contributed by atoms with Gasteiger partial charge in [-0.3, -0.25) is 4.79 Å². The second kappa shape index (κ2) is 6.95. The summed E-state index contributed by atoms with van der Waals surface area (Å²) < 4.78 is 33.3. The van der Waals surface area contributed by atoms with E-state index in [1.54, 1.807) is 0 Å². The molecule has 0 aromatic rings. The zero-order valence-electron chi connectivity index (χ0n) is 13.8. The highest BCUT2D eigenvalue weighted by Gasteiger charge is 2.46. The van der Waals surface area contributed by atoms with Crippen molar-refractivity contribution >= 4 is 34.1 Å². The maximum atomic E-state index is 12.5. The van der Waals surface area contributed by atoms with Gasteiger partial charge in [-0.15, -0.1) is 0 Å². The highest BCUT2D eigenvalue weighted by atomic mass is 32.2. The van der Waals surface area contributed by atoms with Crippen molar-refractivity contribution in [3.63, 3.8) is 0 Å². The van der Waals surface area contributed by atoms with Gasteiger partial charge in [-0.25, -0.2) is 22.5 Å². The first-order valence-corrected chi connectivity index (χ1v) is 8.97. The third-order valence-corrected chi connectivity index (χ3v) is 5.56. The van der Waals surface area contributed by atoms with Gasteiger partial charge in [0, 0.05) is 13.1 Å². The number of morpholine rings is 1. The summed E-state index contributed by atoms with van der Waals surface area (Å²) in [6.07, 6.45) is 1.03. The first-order chi connectivity index (χ1) is 11.1. The van der Waals surface area contributed by atoms with Gasteiger partial charge in [-0.05, 0) is 6.92 Å². The number of urea groups is 1. The molecule has 0 aliphatic carbocycles. The lowest BCUT2D eigenvalue weighted by atomic mass is 10.3. The number of nitrogens with zero attached hydrogens (tertiary/aromatic N) is 3. The Morgan fingerprint density at radius 1 is 1.38 bits per heavy atom. The Labute approximate surface area is 140 Å². The van der Waals surface area contributed by atoms with Crippen molar-refractivity contribution < 1.29 is 32.1 Å². The molecule has 0 spiro atoms. The number of amides is 4. The van der Waals surface area contributed by atoms with Crippen LogP contribution < -0.4 is 4.72 Å². The van der Waals surface area contributed by atoms with E-state index in [0.29, 0.717) is 26.3 Å². The summed E-state index contributed by atoms with van der Waals surface area (Å²) in [6, 6.07) is -1.65. The Morgan fingerprint density at radius 3 is 2.54 bits per heavy atom. The number of hydrogen-bond donors (Lipinski definition) is 1. The average Bonchev–Trinajstić information content (AvgIpc) is 2.55. The van der Waals surface area contributed by atoms with E-state index in [0.717, 1.165) is 15.7 Å². The molecule has 0 radical (unpaired) electrons. The van der Waals surface area contributed by atoms with Crippen LogP contribution in [0.3, 0.4) is 0 Å². The molecule has 1 saturated heterocycles. The monoisotopic (exact) mass is 361 g/mol. The predicted molar refractivity (Wildman–Crippen MR) is 83.1 cm³/mol. The summed E-state index contributed by atoms with van der Waals surface area (Å²) in [5, 5.41) is -1.56. The van der Waals surface area contributed by atoms with Crippen molar-refractivity contribution in [3.05, 3.63) is 0 Å². The molecule has 2 aliphatic heterocycles. The molecule has 2 rings (SSSR count). The van der Waals surface area contributed by atoms with Gasteiger partial charge < -0.3 is 9.64 Å². The topological polar surface area (TPSA) is 116 Å². The maximum Gasteiger partial charge on any atom is 0.500 e. The van der Waals surface area contributed by atoms with E-state index in [2.05, 4.69) is 4.72 Å². The molecule has 1 fully saturated rings. The van der Waals surface area contributed by atoms with Crippen molar-refractivity contribution in [2.45, 2.75) is 18.2 Å². The van der Waals surface area contributed by atoms with Crippen molar-refractivity contribution in [1.29, 1.82) is 0 Å². The van der Waals surface area contributed by atoms with Gasteiger partial charge in [0.15, 0.2) is 0 Å². The lowest BCUT2D eigenvalue weighted by molar-refractivity contribution is -0.399. The van der Waals surface area contributed by atoms with E-state index in [1.165, 1.54) is 25.9 Å². The third kappa shape index (κ3) is 3.62. The number of sulfonamides is 1. The van der Waals surface area contributed by atoms with E-state index in [1.807, 2.05) is 0 Å². The van der Waals surface area contributed by atoms with E-state index < -0.39 is 33.3 Å². The number of ether oxygens (including phenoxy) is 1. The van der Waals surface area contributed by atoms with Gasteiger partial charge in [-0.1, -0.05) is 0 Å². The van der Waals surface area contributed by atoms with Crippen LogP contribution in [0.5, 0.6) is 0 Å². The molecule has 0 aromatic carbocycles. The standard InChI is InChI=1S/C13H21N4O6S/c1-9(11(18)17-4-6-23-7-5-17)14-24(21,22)10-8-15(2)13(20)16(3)12(10)19/h8-10,14H,4-7H2,1-3H3/q+1. The fourth-order valence-electron chi connectivity index (χ4n) is 2.49. The molecule has 2 aliphatic rings. The molecule has 11 heteroatoms. The van der Waals surface area contributed by atoms with Crippen molar-refractivity contribution in [2.75, 3.05) is 40.4 Å². The van der Waals surface area contributed by atoms with Crippen LogP contribution in [-0.4, -0.2) is 98.5 Å². The molecule has 0 aromatic heterocycles. The summed E-state index contributed by atoms with van der Waals surface area (Å²) in [5.74, 6) is -1.25. The largest absolute Gasteiger partial charge is 0.500 e. The zero-order valence-corrected chi connectivity index (χ0v) is 14.6. The summed E-state index contributed by atoms with van der Waals surface area (Å²) in [5.41, 5.74) is 0. The van der Waals surface area contributed by atoms with Crippen LogP contribution >= 0.6 is 0 Å². The normalized spacial score (nSPS) is 24.0. The summed E-state index contributed by atoms with van der Waals surface area (Å²) in [6.45, 7) is 3.00. The molecule has 24 heavy (non-hydrogen) atoms. The van der Waals surface area contributed by atoms with Crippen LogP contribution in [0, 0.1) is 0 Å². The van der Waals surface area contributed by atoms with Crippen molar-refractivity contribution in [3.8, 4) is 0 Å². The molecule has 4 amide bonds. The van der Waals surface area contributed by atoms with Crippen molar-refractivity contribution in [2.24, 2.45) is 0 Å². The van der Waals surface area contributed by atoms with Crippen LogP contribution in [0.4, 0.5) is 4.79 Å². The molecule has 10 nitrogen and oxygen atoms in total. The number of nitrogens with one attached hydrogen (secondary N) is 1. The molecule has 2 heterocycles. The van der Waals surface area contributed by atoms with Crippen LogP contribution in [0.15, 0.2) is 0 Å². The zero-order chi connectivity index (χ0) is 18.1. The van der Waals surface area contributed by atoms with E-state index in [-0.39, 0.29) is 5.91 Å². The quantitative estimate of drug-likeness (QED) is 0.570. The average molecular weight is 361 g/mol. The van der Waals surface area contributed by atoms with Crippen LogP contribution in [0.2, 0.25) is 0 Å². The Hall–Kier alpha value is -1.85. The summed E-state index contributed by atoms with van der Waals surface area (Å²) in [4.78, 5) is 38.3. The minimum absolute atomic E-state index is 0.386. The SMILES string of the molecule is CC(NS(=O)(=O)C1C=[N+](C)C(=O)N(C)C1=O)C(=O)N1CCOCC1. The summed E-state index contributed by atoms with van der Waals surface area (Å²) >= 11 is 0. The maximum absolute atomic E-state index is 12.5. The summed E-state index contributed by atoms with van der Waals surface area (Å²) in [7, 11) is -1.61. The lowest BCUT2D eigenvalue weighted by Gasteiger charge is -2.29. The van der Waals surface area contributed by atoms with Gasteiger partial charge >= 0.3 is 11.9 Å². The number of rotatable bonds is 4. The second-order valence-electron chi connectivity index (χ2n) is 5.68. The van der Waals surface area contributed by atoms with Gasteiger partial charge in [0.05, 0.1) is 33.4 Å². The van der Waals surface area contributed by atoms with Gasteiger partial charge in [0.2, 0.25) is 21.2 Å². The van der Waals surface area contributed by atoms with Gasteiger partial charge in [-0.2, -0.15) is 9.69 Å². The third-order valence-electron chi connectivity index (χ3n) is 3.89. The molecular weight excluding hydrogens is 340 g/mol. The predicted octanol–water partition coefficient (Wildman–Crippen LogP) is -2.17.